The van der Waals surface area contributed by atoms with E-state index in [1.165, 1.54) is 6.07 Å². The highest BCUT2D eigenvalue weighted by Gasteiger charge is 2.36. The van der Waals surface area contributed by atoms with Gasteiger partial charge in [0.1, 0.15) is 11.9 Å². The van der Waals surface area contributed by atoms with E-state index in [4.69, 9.17) is 10.4 Å². The number of hydrogen-bond acceptors (Lipinski definition) is 3. The average molecular weight is 249 g/mol. The molecule has 0 fully saturated rings. The maximum atomic E-state index is 12.8. The molecule has 17 heavy (non-hydrogen) atoms. The first-order valence-electron chi connectivity index (χ1n) is 4.39. The van der Waals surface area contributed by atoms with Crippen LogP contribution in [0.1, 0.15) is 17.2 Å². The van der Waals surface area contributed by atoms with Crippen molar-refractivity contribution < 1.29 is 27.8 Å². The van der Waals surface area contributed by atoms with Gasteiger partial charge in [-0.15, -0.1) is 0 Å². The van der Waals surface area contributed by atoms with E-state index in [1.54, 1.807) is 0 Å². The van der Waals surface area contributed by atoms with Crippen LogP contribution in [-0.2, 0) is 6.18 Å². The Bertz CT molecular complexity index is 453. The second kappa shape index (κ2) is 4.69. The van der Waals surface area contributed by atoms with Gasteiger partial charge >= 0.3 is 6.18 Å². The third-order valence-corrected chi connectivity index (χ3v) is 2.07. The largest absolute Gasteiger partial charge is 0.416 e. The standard InChI is InChI=1S/C10H7F4NO2/c11-5-1-2-7(10(12,13)14)6(3-5)9(17)8(16)4-15/h1-3,8-9,16-17H. The number of halogens is 4. The summed E-state index contributed by atoms with van der Waals surface area (Å²) in [6, 6.07) is 2.64. The maximum Gasteiger partial charge on any atom is 0.416 e. The Morgan fingerprint density at radius 1 is 1.24 bits per heavy atom. The molecule has 1 aromatic carbocycles. The fourth-order valence-corrected chi connectivity index (χ4v) is 1.28. The van der Waals surface area contributed by atoms with E-state index >= 15 is 0 Å². The highest BCUT2D eigenvalue weighted by atomic mass is 19.4. The molecule has 1 rings (SSSR count). The maximum absolute atomic E-state index is 12.8. The summed E-state index contributed by atoms with van der Waals surface area (Å²) in [5.74, 6) is -1.00. The summed E-state index contributed by atoms with van der Waals surface area (Å²) in [5, 5.41) is 26.6. The smallest absolute Gasteiger partial charge is 0.385 e. The van der Waals surface area contributed by atoms with Crippen molar-refractivity contribution in [2.24, 2.45) is 0 Å². The summed E-state index contributed by atoms with van der Waals surface area (Å²) >= 11 is 0. The second-order valence-corrected chi connectivity index (χ2v) is 3.25. The molecule has 7 heteroatoms. The molecular weight excluding hydrogens is 242 g/mol. The molecule has 1 aromatic rings. The van der Waals surface area contributed by atoms with Crippen molar-refractivity contribution in [1.29, 1.82) is 5.26 Å². The molecule has 2 unspecified atom stereocenters. The summed E-state index contributed by atoms with van der Waals surface area (Å²) in [7, 11) is 0. The lowest BCUT2D eigenvalue weighted by Gasteiger charge is -2.18. The zero-order valence-corrected chi connectivity index (χ0v) is 8.24. The van der Waals surface area contributed by atoms with Crippen LogP contribution in [0, 0.1) is 17.1 Å². The lowest BCUT2D eigenvalue weighted by molar-refractivity contribution is -0.139. The molecule has 0 aliphatic heterocycles. The van der Waals surface area contributed by atoms with Gasteiger partial charge in [-0.2, -0.15) is 18.4 Å². The molecule has 0 spiro atoms. The zero-order chi connectivity index (χ0) is 13.2. The predicted molar refractivity (Wildman–Crippen MR) is 48.0 cm³/mol. The zero-order valence-electron chi connectivity index (χ0n) is 8.24. The second-order valence-electron chi connectivity index (χ2n) is 3.25. The molecule has 0 heterocycles. The molecule has 0 bridgehead atoms. The van der Waals surface area contributed by atoms with E-state index < -0.39 is 35.3 Å². The van der Waals surface area contributed by atoms with Crippen LogP contribution in [-0.4, -0.2) is 16.3 Å². The molecule has 0 radical (unpaired) electrons. The van der Waals surface area contributed by atoms with E-state index in [-0.39, 0.29) is 0 Å². The van der Waals surface area contributed by atoms with Crippen LogP contribution in [0.15, 0.2) is 18.2 Å². The number of benzene rings is 1. The summed E-state index contributed by atoms with van der Waals surface area (Å²) in [4.78, 5) is 0. The molecule has 0 amide bonds. The van der Waals surface area contributed by atoms with Gasteiger partial charge in [-0.3, -0.25) is 0 Å². The molecule has 0 saturated heterocycles. The Hall–Kier alpha value is -1.65. The molecule has 3 nitrogen and oxygen atoms in total. The highest BCUT2D eigenvalue weighted by Crippen LogP contribution is 2.35. The van der Waals surface area contributed by atoms with Crippen LogP contribution in [0.3, 0.4) is 0 Å². The van der Waals surface area contributed by atoms with Gasteiger partial charge in [0.15, 0.2) is 6.10 Å². The third kappa shape index (κ3) is 2.93. The Morgan fingerprint density at radius 2 is 1.82 bits per heavy atom. The van der Waals surface area contributed by atoms with E-state index in [0.29, 0.717) is 18.2 Å². The summed E-state index contributed by atoms with van der Waals surface area (Å²) in [6.45, 7) is 0. The first kappa shape index (κ1) is 13.4. The van der Waals surface area contributed by atoms with Gasteiger partial charge < -0.3 is 10.2 Å². The molecular formula is C10H7F4NO2. The van der Waals surface area contributed by atoms with Gasteiger partial charge in [-0.1, -0.05) is 0 Å². The normalized spacial score (nSPS) is 15.1. The number of hydrogen-bond donors (Lipinski definition) is 2. The van der Waals surface area contributed by atoms with Gasteiger partial charge in [-0.25, -0.2) is 4.39 Å². The van der Waals surface area contributed by atoms with Crippen molar-refractivity contribution >= 4 is 0 Å². The van der Waals surface area contributed by atoms with Gasteiger partial charge in [-0.05, 0) is 23.8 Å². The van der Waals surface area contributed by atoms with Crippen molar-refractivity contribution in [1.82, 2.24) is 0 Å². The number of aliphatic hydroxyl groups excluding tert-OH is 2. The predicted octanol–water partition coefficient (Wildman–Crippen LogP) is 1.76. The molecule has 0 aromatic heterocycles. The number of aliphatic hydroxyl groups is 2. The number of rotatable bonds is 2. The van der Waals surface area contributed by atoms with Crippen molar-refractivity contribution in [2.45, 2.75) is 18.4 Å². The van der Waals surface area contributed by atoms with Crippen LogP contribution < -0.4 is 0 Å². The highest BCUT2D eigenvalue weighted by molar-refractivity contribution is 5.33. The molecule has 0 aliphatic carbocycles. The Morgan fingerprint density at radius 3 is 2.29 bits per heavy atom. The lowest BCUT2D eigenvalue weighted by atomic mass is 9.98. The van der Waals surface area contributed by atoms with Crippen molar-refractivity contribution in [2.75, 3.05) is 0 Å². The topological polar surface area (TPSA) is 64.2 Å². The summed E-state index contributed by atoms with van der Waals surface area (Å²) in [6.07, 6.45) is -8.98. The van der Waals surface area contributed by atoms with Crippen molar-refractivity contribution in [3.8, 4) is 6.07 Å². The fraction of sp³-hybridized carbons (Fsp3) is 0.300. The van der Waals surface area contributed by atoms with E-state index in [2.05, 4.69) is 0 Å². The first-order valence-corrected chi connectivity index (χ1v) is 4.39. The van der Waals surface area contributed by atoms with Gasteiger partial charge in [0.05, 0.1) is 11.6 Å². The van der Waals surface area contributed by atoms with Crippen molar-refractivity contribution in [3.63, 3.8) is 0 Å². The van der Waals surface area contributed by atoms with Crippen LogP contribution in [0.4, 0.5) is 17.6 Å². The van der Waals surface area contributed by atoms with Crippen LogP contribution in [0.5, 0.6) is 0 Å². The number of nitrogens with zero attached hydrogens (tertiary/aromatic N) is 1. The van der Waals surface area contributed by atoms with E-state index in [1.807, 2.05) is 0 Å². The van der Waals surface area contributed by atoms with Gasteiger partial charge in [0.25, 0.3) is 0 Å². The average Bonchev–Trinajstić information content (AvgIpc) is 2.25. The number of alkyl halides is 3. The summed E-state index contributed by atoms with van der Waals surface area (Å²) in [5.41, 5.74) is -2.16. The van der Waals surface area contributed by atoms with Crippen molar-refractivity contribution in [3.05, 3.63) is 35.1 Å². The molecule has 92 valence electrons. The summed E-state index contributed by atoms with van der Waals surface area (Å²) < 4.78 is 50.3. The fourth-order valence-electron chi connectivity index (χ4n) is 1.28. The van der Waals surface area contributed by atoms with Crippen LogP contribution in [0.25, 0.3) is 0 Å². The Balaban J connectivity index is 3.31. The van der Waals surface area contributed by atoms with Gasteiger partial charge in [0, 0.05) is 0 Å². The molecule has 2 atom stereocenters. The first-order chi connectivity index (χ1) is 7.77. The molecule has 0 aliphatic rings. The van der Waals surface area contributed by atoms with Crippen LogP contribution >= 0.6 is 0 Å². The van der Waals surface area contributed by atoms with E-state index in [9.17, 15) is 22.7 Å². The lowest BCUT2D eigenvalue weighted by Crippen LogP contribution is -2.20. The monoisotopic (exact) mass is 249 g/mol. The van der Waals surface area contributed by atoms with E-state index in [0.717, 1.165) is 0 Å². The quantitative estimate of drug-likeness (QED) is 0.620. The van der Waals surface area contributed by atoms with Gasteiger partial charge in [0.2, 0.25) is 0 Å². The molecule has 0 saturated carbocycles. The SMILES string of the molecule is N#CC(O)C(O)c1cc(F)ccc1C(F)(F)F. The Labute approximate surface area is 93.5 Å². The minimum absolute atomic E-state index is 0.439. The number of nitriles is 1. The Kier molecular flexibility index (Phi) is 3.70. The minimum atomic E-state index is -4.81. The third-order valence-electron chi connectivity index (χ3n) is 2.07. The molecule has 2 N–H and O–H groups in total. The minimum Gasteiger partial charge on any atom is -0.385 e. The van der Waals surface area contributed by atoms with Crippen LogP contribution in [0.2, 0.25) is 0 Å².